The molecule has 1 aromatic carbocycles. The molecule has 4 nitrogen and oxygen atoms in total. The largest absolute Gasteiger partial charge is 0.497 e. The number of hydrogen-bond acceptors (Lipinski definition) is 4. The van der Waals surface area contributed by atoms with Crippen LogP contribution in [0.25, 0.3) is 0 Å². The van der Waals surface area contributed by atoms with E-state index in [0.29, 0.717) is 6.04 Å². The lowest BCUT2D eigenvalue weighted by Crippen LogP contribution is -2.23. The Balaban J connectivity index is 2.09. The minimum atomic E-state index is 0.297. The van der Waals surface area contributed by atoms with Crippen LogP contribution in [0.5, 0.6) is 5.75 Å². The number of benzene rings is 1. The second-order valence-electron chi connectivity index (χ2n) is 4.95. The van der Waals surface area contributed by atoms with Gasteiger partial charge in [-0.2, -0.15) is 5.10 Å². The number of hydrogen-bond donors (Lipinski definition) is 1. The summed E-state index contributed by atoms with van der Waals surface area (Å²) in [5, 5.41) is 9.12. The minimum Gasteiger partial charge on any atom is -0.497 e. The van der Waals surface area contributed by atoms with Crippen LogP contribution in [0, 0.1) is 6.92 Å². The van der Waals surface area contributed by atoms with E-state index < -0.39 is 0 Å². The summed E-state index contributed by atoms with van der Waals surface area (Å²) in [5.74, 6) is 1.86. The Labute approximate surface area is 130 Å². The first-order valence-electron chi connectivity index (χ1n) is 7.14. The number of methoxy groups -OCH3 is 1. The molecular weight excluding hydrogens is 282 g/mol. The van der Waals surface area contributed by atoms with Crippen molar-refractivity contribution in [1.29, 1.82) is 0 Å². The molecule has 0 saturated heterocycles. The van der Waals surface area contributed by atoms with Gasteiger partial charge in [-0.25, -0.2) is 0 Å². The molecule has 114 valence electrons. The summed E-state index contributed by atoms with van der Waals surface area (Å²) in [5.41, 5.74) is 2.31. The molecule has 0 aliphatic heterocycles. The maximum atomic E-state index is 5.32. The molecule has 1 unspecified atom stereocenters. The molecule has 0 radical (unpaired) electrons. The maximum Gasteiger partial charge on any atom is 0.119 e. The molecule has 0 aliphatic rings. The van der Waals surface area contributed by atoms with Gasteiger partial charge >= 0.3 is 0 Å². The topological polar surface area (TPSA) is 39.1 Å². The van der Waals surface area contributed by atoms with Gasteiger partial charge in [0, 0.05) is 18.8 Å². The van der Waals surface area contributed by atoms with Gasteiger partial charge in [0.05, 0.1) is 17.8 Å². The zero-order chi connectivity index (χ0) is 15.2. The highest BCUT2D eigenvalue weighted by Gasteiger charge is 2.13. The highest BCUT2D eigenvalue weighted by Crippen LogP contribution is 2.26. The predicted molar refractivity (Wildman–Crippen MR) is 88.1 cm³/mol. The van der Waals surface area contributed by atoms with E-state index in [0.717, 1.165) is 23.7 Å². The van der Waals surface area contributed by atoms with Crippen LogP contribution in [0.2, 0.25) is 0 Å². The number of rotatable bonds is 7. The van der Waals surface area contributed by atoms with Crippen molar-refractivity contribution in [2.24, 2.45) is 7.05 Å². The van der Waals surface area contributed by atoms with Gasteiger partial charge in [-0.05, 0) is 37.2 Å². The number of ether oxygens (including phenoxy) is 1. The van der Waals surface area contributed by atoms with Crippen molar-refractivity contribution >= 4 is 11.8 Å². The molecule has 0 amide bonds. The Morgan fingerprint density at radius 1 is 1.38 bits per heavy atom. The number of nitrogens with one attached hydrogen (secondary N) is 1. The fraction of sp³-hybridized carbons (Fsp3) is 0.438. The number of aryl methyl sites for hydroxylation is 2. The molecular formula is C16H23N3OS. The van der Waals surface area contributed by atoms with Crippen molar-refractivity contribution in [1.82, 2.24) is 15.1 Å². The predicted octanol–water partition coefficient (Wildman–Crippen LogP) is 3.18. The number of aromatic nitrogens is 2. The SMILES string of the molecule is CCNC(CSc1cc(C)nn1C)c1cccc(OC)c1. The van der Waals surface area contributed by atoms with Crippen molar-refractivity contribution in [3.8, 4) is 5.75 Å². The molecule has 1 heterocycles. The van der Waals surface area contributed by atoms with Gasteiger partial charge in [-0.3, -0.25) is 4.68 Å². The summed E-state index contributed by atoms with van der Waals surface area (Å²) >= 11 is 1.82. The van der Waals surface area contributed by atoms with Crippen LogP contribution < -0.4 is 10.1 Å². The van der Waals surface area contributed by atoms with Gasteiger partial charge in [0.25, 0.3) is 0 Å². The summed E-state index contributed by atoms with van der Waals surface area (Å²) in [7, 11) is 3.69. The quantitative estimate of drug-likeness (QED) is 0.798. The molecule has 0 spiro atoms. The summed E-state index contributed by atoms with van der Waals surface area (Å²) in [6.45, 7) is 5.09. The van der Waals surface area contributed by atoms with Crippen LogP contribution in [0.3, 0.4) is 0 Å². The van der Waals surface area contributed by atoms with E-state index in [-0.39, 0.29) is 0 Å². The molecule has 1 aromatic heterocycles. The average Bonchev–Trinajstić information content (AvgIpc) is 2.81. The van der Waals surface area contributed by atoms with Gasteiger partial charge < -0.3 is 10.1 Å². The Morgan fingerprint density at radius 2 is 2.19 bits per heavy atom. The smallest absolute Gasteiger partial charge is 0.119 e. The third kappa shape index (κ3) is 4.25. The number of thioether (sulfide) groups is 1. The molecule has 5 heteroatoms. The Morgan fingerprint density at radius 3 is 2.81 bits per heavy atom. The molecule has 0 saturated carbocycles. The molecule has 0 aliphatic carbocycles. The van der Waals surface area contributed by atoms with E-state index in [4.69, 9.17) is 4.74 Å². The molecule has 0 bridgehead atoms. The fourth-order valence-electron chi connectivity index (χ4n) is 2.27. The first-order valence-corrected chi connectivity index (χ1v) is 8.13. The van der Waals surface area contributed by atoms with Crippen LogP contribution in [-0.2, 0) is 7.05 Å². The van der Waals surface area contributed by atoms with Crippen LogP contribution in [0.15, 0.2) is 35.4 Å². The summed E-state index contributed by atoms with van der Waals surface area (Å²) in [6, 6.07) is 10.7. The Hall–Kier alpha value is -1.46. The summed E-state index contributed by atoms with van der Waals surface area (Å²) in [4.78, 5) is 0. The highest BCUT2D eigenvalue weighted by atomic mass is 32.2. The van der Waals surface area contributed by atoms with Crippen LogP contribution in [0.4, 0.5) is 0 Å². The van der Waals surface area contributed by atoms with Crippen molar-refractivity contribution < 1.29 is 4.74 Å². The lowest BCUT2D eigenvalue weighted by atomic mass is 10.1. The van der Waals surface area contributed by atoms with E-state index in [1.54, 1.807) is 7.11 Å². The van der Waals surface area contributed by atoms with Gasteiger partial charge in [-0.1, -0.05) is 19.1 Å². The minimum absolute atomic E-state index is 0.297. The van der Waals surface area contributed by atoms with Crippen LogP contribution in [0.1, 0.15) is 24.2 Å². The summed E-state index contributed by atoms with van der Waals surface area (Å²) in [6.07, 6.45) is 0. The van der Waals surface area contributed by atoms with Crippen LogP contribution >= 0.6 is 11.8 Å². The molecule has 2 aromatic rings. The van der Waals surface area contributed by atoms with Crippen LogP contribution in [-0.4, -0.2) is 29.2 Å². The zero-order valence-corrected chi connectivity index (χ0v) is 13.9. The summed E-state index contributed by atoms with van der Waals surface area (Å²) < 4.78 is 7.26. The fourth-order valence-corrected chi connectivity index (χ4v) is 3.40. The normalized spacial score (nSPS) is 12.4. The van der Waals surface area contributed by atoms with E-state index in [1.165, 1.54) is 10.6 Å². The number of nitrogens with zero attached hydrogens (tertiary/aromatic N) is 2. The van der Waals surface area contributed by atoms with Gasteiger partial charge in [0.1, 0.15) is 5.75 Å². The maximum absolute atomic E-state index is 5.32. The van der Waals surface area contributed by atoms with Crippen molar-refractivity contribution in [2.75, 3.05) is 19.4 Å². The average molecular weight is 305 g/mol. The van der Waals surface area contributed by atoms with E-state index in [1.807, 2.05) is 42.5 Å². The van der Waals surface area contributed by atoms with Gasteiger partial charge in [0.15, 0.2) is 0 Å². The Kier molecular flexibility index (Phi) is 5.70. The van der Waals surface area contributed by atoms with Gasteiger partial charge in [0.2, 0.25) is 0 Å². The molecule has 1 atom stereocenters. The van der Waals surface area contributed by atoms with E-state index in [2.05, 4.69) is 35.5 Å². The first-order chi connectivity index (χ1) is 10.1. The Bertz CT molecular complexity index is 583. The van der Waals surface area contributed by atoms with Crippen molar-refractivity contribution in [3.63, 3.8) is 0 Å². The van der Waals surface area contributed by atoms with Crippen molar-refractivity contribution in [3.05, 3.63) is 41.6 Å². The second-order valence-corrected chi connectivity index (χ2v) is 5.99. The molecule has 2 rings (SSSR count). The van der Waals surface area contributed by atoms with E-state index in [9.17, 15) is 0 Å². The second kappa shape index (κ2) is 7.52. The molecule has 21 heavy (non-hydrogen) atoms. The lowest BCUT2D eigenvalue weighted by Gasteiger charge is -2.18. The molecule has 1 N–H and O–H groups in total. The van der Waals surface area contributed by atoms with Crippen molar-refractivity contribution in [2.45, 2.75) is 24.9 Å². The monoisotopic (exact) mass is 305 g/mol. The highest BCUT2D eigenvalue weighted by molar-refractivity contribution is 7.99. The lowest BCUT2D eigenvalue weighted by molar-refractivity contribution is 0.413. The zero-order valence-electron chi connectivity index (χ0n) is 13.1. The van der Waals surface area contributed by atoms with Gasteiger partial charge in [-0.15, -0.1) is 11.8 Å². The first kappa shape index (κ1) is 15.9. The van der Waals surface area contributed by atoms with E-state index >= 15 is 0 Å². The standard InChI is InChI=1S/C16H23N3OS/c1-5-17-15(13-7-6-8-14(10-13)20-4)11-21-16-9-12(2)18-19(16)3/h6-10,15,17H,5,11H2,1-4H3. The molecule has 0 fully saturated rings. The third-order valence-electron chi connectivity index (χ3n) is 3.30. The third-order valence-corrected chi connectivity index (χ3v) is 4.48.